The van der Waals surface area contributed by atoms with Gasteiger partial charge in [0.05, 0.1) is 6.20 Å². The molecule has 1 atom stereocenters. The number of carboxylic acids is 1. The lowest BCUT2D eigenvalue weighted by Gasteiger charge is -2.19. The van der Waals surface area contributed by atoms with E-state index >= 15 is 0 Å². The molecule has 6 nitrogen and oxygen atoms in total. The van der Waals surface area contributed by atoms with Gasteiger partial charge < -0.3 is 5.11 Å². The molecule has 1 aliphatic heterocycles. The van der Waals surface area contributed by atoms with Crippen molar-refractivity contribution in [3.05, 3.63) is 36.5 Å². The molecule has 1 N–H and O–H groups in total. The Hall–Kier alpha value is -1.77. The second-order valence-corrected chi connectivity index (χ2v) is 8.11. The van der Waals surface area contributed by atoms with Crippen molar-refractivity contribution in [2.24, 2.45) is 0 Å². The number of hydrogen-bond donors (Lipinski definition) is 1. The fourth-order valence-electron chi connectivity index (χ4n) is 2.48. The SMILES string of the molecule is O=C(O)C1CCCN1S(=O)(=O)c1cnc(-c2ccccc2)s1. The molecule has 22 heavy (non-hydrogen) atoms. The van der Waals surface area contributed by atoms with Gasteiger partial charge >= 0.3 is 5.97 Å². The quantitative estimate of drug-likeness (QED) is 0.922. The van der Waals surface area contributed by atoms with Crippen molar-refractivity contribution in [2.45, 2.75) is 23.1 Å². The van der Waals surface area contributed by atoms with Crippen LogP contribution in [0.5, 0.6) is 0 Å². The summed E-state index contributed by atoms with van der Waals surface area (Å²) in [6, 6.07) is 8.30. The molecule has 0 spiro atoms. The van der Waals surface area contributed by atoms with E-state index in [0.29, 0.717) is 17.8 Å². The van der Waals surface area contributed by atoms with Crippen molar-refractivity contribution in [2.75, 3.05) is 6.54 Å². The van der Waals surface area contributed by atoms with Crippen LogP contribution in [-0.4, -0.2) is 41.4 Å². The third-order valence-corrected chi connectivity index (χ3v) is 6.95. The standard InChI is InChI=1S/C14H14N2O4S2/c17-14(18)11-7-4-8-16(11)22(19,20)12-9-15-13(21-12)10-5-2-1-3-6-10/h1-3,5-6,9,11H,4,7-8H2,(H,17,18). The van der Waals surface area contributed by atoms with Gasteiger partial charge in [0.1, 0.15) is 11.0 Å². The smallest absolute Gasteiger partial charge is 0.322 e. The van der Waals surface area contributed by atoms with Crippen LogP contribution in [0, 0.1) is 0 Å². The molecule has 2 heterocycles. The molecule has 8 heteroatoms. The van der Waals surface area contributed by atoms with Crippen LogP contribution in [0.25, 0.3) is 10.6 Å². The lowest BCUT2D eigenvalue weighted by Crippen LogP contribution is -2.40. The predicted molar refractivity (Wildman–Crippen MR) is 82.1 cm³/mol. The summed E-state index contributed by atoms with van der Waals surface area (Å²) in [6.45, 7) is 0.234. The minimum atomic E-state index is -3.81. The lowest BCUT2D eigenvalue weighted by atomic mass is 10.2. The fourth-order valence-corrected chi connectivity index (χ4v) is 5.40. The molecule has 0 aliphatic carbocycles. The van der Waals surface area contributed by atoms with E-state index in [2.05, 4.69) is 4.98 Å². The lowest BCUT2D eigenvalue weighted by molar-refractivity contribution is -0.140. The normalized spacial score (nSPS) is 19.4. The molecule has 0 radical (unpaired) electrons. The Balaban J connectivity index is 1.94. The summed E-state index contributed by atoms with van der Waals surface area (Å²) in [6.07, 6.45) is 2.21. The van der Waals surface area contributed by atoms with Crippen molar-refractivity contribution in [3.8, 4) is 10.6 Å². The van der Waals surface area contributed by atoms with E-state index < -0.39 is 22.0 Å². The number of carboxylic acid groups (broad SMARTS) is 1. The Morgan fingerprint density at radius 3 is 2.73 bits per heavy atom. The van der Waals surface area contributed by atoms with Crippen molar-refractivity contribution < 1.29 is 18.3 Å². The highest BCUT2D eigenvalue weighted by Gasteiger charge is 2.40. The van der Waals surface area contributed by atoms with Gasteiger partial charge in [0.15, 0.2) is 4.21 Å². The number of carbonyl (C=O) groups is 1. The molecule has 3 rings (SSSR count). The van der Waals surface area contributed by atoms with Gasteiger partial charge in [-0.15, -0.1) is 11.3 Å². The molecule has 0 saturated carbocycles. The fraction of sp³-hybridized carbons (Fsp3) is 0.286. The van der Waals surface area contributed by atoms with Gasteiger partial charge in [0.2, 0.25) is 0 Å². The van der Waals surface area contributed by atoms with Crippen LogP contribution in [-0.2, 0) is 14.8 Å². The first kappa shape index (κ1) is 15.1. The third kappa shape index (κ3) is 2.65. The summed E-state index contributed by atoms with van der Waals surface area (Å²) >= 11 is 1.06. The van der Waals surface area contributed by atoms with Crippen LogP contribution in [0.15, 0.2) is 40.7 Å². The van der Waals surface area contributed by atoms with E-state index in [1.54, 1.807) is 0 Å². The summed E-state index contributed by atoms with van der Waals surface area (Å²) in [5, 5.41) is 9.76. The van der Waals surface area contributed by atoms with Crippen molar-refractivity contribution >= 4 is 27.3 Å². The average molecular weight is 338 g/mol. The molecule has 2 aromatic rings. The Kier molecular flexibility index (Phi) is 3.98. The van der Waals surface area contributed by atoms with E-state index in [0.717, 1.165) is 21.2 Å². The van der Waals surface area contributed by atoms with E-state index in [1.165, 1.54) is 6.20 Å². The Morgan fingerprint density at radius 1 is 1.32 bits per heavy atom. The molecule has 1 unspecified atom stereocenters. The number of aliphatic carboxylic acids is 1. The monoisotopic (exact) mass is 338 g/mol. The Labute approximate surface area is 132 Å². The van der Waals surface area contributed by atoms with Crippen molar-refractivity contribution in [3.63, 3.8) is 0 Å². The zero-order chi connectivity index (χ0) is 15.7. The van der Waals surface area contributed by atoms with E-state index in [4.69, 9.17) is 5.11 Å². The first-order valence-corrected chi connectivity index (χ1v) is 9.02. The van der Waals surface area contributed by atoms with Gasteiger partial charge in [-0.2, -0.15) is 4.31 Å². The summed E-state index contributed by atoms with van der Waals surface area (Å²) in [5.41, 5.74) is 0.838. The van der Waals surface area contributed by atoms with Gasteiger partial charge in [-0.05, 0) is 12.8 Å². The molecular weight excluding hydrogens is 324 g/mol. The zero-order valence-electron chi connectivity index (χ0n) is 11.5. The molecule has 1 aromatic heterocycles. The second-order valence-electron chi connectivity index (χ2n) is 4.96. The van der Waals surface area contributed by atoms with Crippen LogP contribution >= 0.6 is 11.3 Å². The molecular formula is C14H14N2O4S2. The highest BCUT2D eigenvalue weighted by molar-refractivity contribution is 7.91. The zero-order valence-corrected chi connectivity index (χ0v) is 13.2. The molecule has 1 aliphatic rings. The Bertz CT molecular complexity index is 786. The second kappa shape index (κ2) is 5.79. The van der Waals surface area contributed by atoms with Gasteiger partial charge in [-0.3, -0.25) is 4.79 Å². The molecule has 0 bridgehead atoms. The van der Waals surface area contributed by atoms with E-state index in [1.807, 2.05) is 30.3 Å². The van der Waals surface area contributed by atoms with Crippen LogP contribution in [0.2, 0.25) is 0 Å². The minimum Gasteiger partial charge on any atom is -0.480 e. The van der Waals surface area contributed by atoms with Gasteiger partial charge in [0, 0.05) is 12.1 Å². The topological polar surface area (TPSA) is 87.6 Å². The third-order valence-electron chi connectivity index (χ3n) is 3.56. The first-order valence-electron chi connectivity index (χ1n) is 6.76. The number of rotatable bonds is 4. The van der Waals surface area contributed by atoms with Gasteiger partial charge in [-0.25, -0.2) is 13.4 Å². The van der Waals surface area contributed by atoms with Crippen LogP contribution in [0.4, 0.5) is 0 Å². The van der Waals surface area contributed by atoms with Crippen LogP contribution in [0.3, 0.4) is 0 Å². The number of sulfonamides is 1. The molecule has 116 valence electrons. The summed E-state index contributed by atoms with van der Waals surface area (Å²) in [4.78, 5) is 15.4. The van der Waals surface area contributed by atoms with Crippen LogP contribution < -0.4 is 0 Å². The maximum Gasteiger partial charge on any atom is 0.322 e. The average Bonchev–Trinajstić information content (AvgIpc) is 3.18. The molecule has 1 saturated heterocycles. The maximum atomic E-state index is 12.6. The number of hydrogen-bond acceptors (Lipinski definition) is 5. The van der Waals surface area contributed by atoms with Crippen molar-refractivity contribution in [1.29, 1.82) is 0 Å². The number of aromatic nitrogens is 1. The predicted octanol–water partition coefficient (Wildman–Crippen LogP) is 2.05. The van der Waals surface area contributed by atoms with Crippen molar-refractivity contribution in [1.82, 2.24) is 9.29 Å². The highest BCUT2D eigenvalue weighted by atomic mass is 32.2. The largest absolute Gasteiger partial charge is 0.480 e. The number of nitrogens with zero attached hydrogens (tertiary/aromatic N) is 2. The van der Waals surface area contributed by atoms with E-state index in [9.17, 15) is 13.2 Å². The van der Waals surface area contributed by atoms with Crippen LogP contribution in [0.1, 0.15) is 12.8 Å². The van der Waals surface area contributed by atoms with Gasteiger partial charge in [-0.1, -0.05) is 30.3 Å². The maximum absolute atomic E-state index is 12.6. The molecule has 1 aromatic carbocycles. The number of benzene rings is 1. The molecule has 0 amide bonds. The van der Waals surface area contributed by atoms with Gasteiger partial charge in [0.25, 0.3) is 10.0 Å². The summed E-state index contributed by atoms with van der Waals surface area (Å²) in [5.74, 6) is -1.10. The Morgan fingerprint density at radius 2 is 2.05 bits per heavy atom. The number of thiazole rings is 1. The first-order chi connectivity index (χ1) is 10.5. The summed E-state index contributed by atoms with van der Waals surface area (Å²) in [7, 11) is -3.81. The molecule has 1 fully saturated rings. The minimum absolute atomic E-state index is 0.0829. The highest BCUT2D eigenvalue weighted by Crippen LogP contribution is 2.32. The van der Waals surface area contributed by atoms with E-state index in [-0.39, 0.29) is 10.8 Å². The summed E-state index contributed by atoms with van der Waals surface area (Å²) < 4.78 is 26.4.